The van der Waals surface area contributed by atoms with Crippen LogP contribution in [-0.2, 0) is 18.4 Å². The summed E-state index contributed by atoms with van der Waals surface area (Å²) in [5, 5.41) is 14.0. The summed E-state index contributed by atoms with van der Waals surface area (Å²) in [7, 11) is 1.60. The lowest BCUT2D eigenvalue weighted by Crippen LogP contribution is -2.45. The first-order chi connectivity index (χ1) is 39.0. The summed E-state index contributed by atoms with van der Waals surface area (Å²) in [4.78, 5) is 23.4. The SMILES string of the molecule is CCCCCCCCCCCCCCCCCCCCCCCCCCCCC/C=C/C(O)C(COP(=O)(O)OCC[N+](C)(C)C)NC(=O)CCCCCCCCCCCCCCCCCCCCCCCCCCCCCCC. The monoisotopic (exact) mass is 1150 g/mol. The minimum atomic E-state index is -4.35. The number of phosphoric acid groups is 1. The lowest BCUT2D eigenvalue weighted by atomic mass is 10.0. The number of nitrogens with one attached hydrogen (secondary N) is 1. The number of aliphatic hydroxyl groups excluding tert-OH is 1. The lowest BCUT2D eigenvalue weighted by Gasteiger charge is -2.25. The van der Waals surface area contributed by atoms with Crippen molar-refractivity contribution in [2.24, 2.45) is 0 Å². The molecule has 0 aliphatic carbocycles. The Balaban J connectivity index is 4.01. The van der Waals surface area contributed by atoms with Crippen molar-refractivity contribution in [1.29, 1.82) is 0 Å². The standard InChI is InChI=1S/C71H143N2O6P/c1-6-8-10-12-14-16-18-20-22-24-26-28-30-32-34-36-38-40-42-44-46-48-50-52-54-56-58-60-62-64-70(74)69(68-79-80(76,77)78-67-66-73(3,4)5)72-71(75)65-63-61-59-57-55-53-51-49-47-45-43-41-39-37-35-33-31-29-27-25-23-21-19-17-15-13-11-9-7-2/h62,64,69-70,74H,6-61,63,65-68H2,1-5H3,(H-,72,75,76,77)/p+1/b64-62+. The van der Waals surface area contributed by atoms with E-state index in [2.05, 4.69) is 19.2 Å². The first-order valence-electron chi connectivity index (χ1n) is 36.1. The third-order valence-electron chi connectivity index (χ3n) is 17.0. The number of allylic oxidation sites excluding steroid dienone is 1. The van der Waals surface area contributed by atoms with E-state index in [1.54, 1.807) is 6.08 Å². The zero-order chi connectivity index (χ0) is 58.4. The molecule has 0 heterocycles. The topological polar surface area (TPSA) is 105 Å². The van der Waals surface area contributed by atoms with Gasteiger partial charge in [0.15, 0.2) is 0 Å². The zero-order valence-electron chi connectivity index (χ0n) is 54.9. The van der Waals surface area contributed by atoms with Crippen LogP contribution in [-0.4, -0.2) is 73.4 Å². The van der Waals surface area contributed by atoms with Crippen molar-refractivity contribution in [1.82, 2.24) is 5.32 Å². The molecule has 0 saturated heterocycles. The third kappa shape index (κ3) is 64.8. The Morgan fingerprint density at radius 1 is 0.412 bits per heavy atom. The number of unbranched alkanes of at least 4 members (excludes halogenated alkanes) is 55. The van der Waals surface area contributed by atoms with E-state index in [4.69, 9.17) is 9.05 Å². The predicted octanol–water partition coefficient (Wildman–Crippen LogP) is 22.9. The number of carbonyl (C=O) groups excluding carboxylic acids is 1. The molecule has 0 aromatic carbocycles. The highest BCUT2D eigenvalue weighted by Crippen LogP contribution is 2.43. The second-order valence-corrected chi connectivity index (χ2v) is 27.8. The highest BCUT2D eigenvalue weighted by Gasteiger charge is 2.28. The lowest BCUT2D eigenvalue weighted by molar-refractivity contribution is -0.870. The van der Waals surface area contributed by atoms with Crippen molar-refractivity contribution >= 4 is 13.7 Å². The molecule has 0 radical (unpaired) electrons. The smallest absolute Gasteiger partial charge is 0.387 e. The Morgan fingerprint density at radius 2 is 0.662 bits per heavy atom. The van der Waals surface area contributed by atoms with E-state index in [1.165, 1.54) is 334 Å². The molecule has 0 saturated carbocycles. The van der Waals surface area contributed by atoms with Gasteiger partial charge in [0, 0.05) is 6.42 Å². The normalized spacial score (nSPS) is 13.6. The van der Waals surface area contributed by atoms with Crippen LogP contribution in [0.15, 0.2) is 12.2 Å². The van der Waals surface area contributed by atoms with Crippen molar-refractivity contribution < 1.29 is 32.9 Å². The largest absolute Gasteiger partial charge is 0.472 e. The van der Waals surface area contributed by atoms with E-state index in [9.17, 15) is 19.4 Å². The average Bonchev–Trinajstić information content (AvgIpc) is 3.42. The minimum absolute atomic E-state index is 0.0656. The van der Waals surface area contributed by atoms with E-state index in [0.717, 1.165) is 32.1 Å². The maximum Gasteiger partial charge on any atom is 0.472 e. The summed E-state index contributed by atoms with van der Waals surface area (Å²) in [5.41, 5.74) is 0. The quantitative estimate of drug-likeness (QED) is 0.0243. The Labute approximate surface area is 501 Å². The molecule has 0 aliphatic heterocycles. The molecule has 8 nitrogen and oxygen atoms in total. The zero-order valence-corrected chi connectivity index (χ0v) is 55.8. The maximum atomic E-state index is 13.1. The van der Waals surface area contributed by atoms with Crippen LogP contribution in [0.3, 0.4) is 0 Å². The molecule has 0 aromatic rings. The molecule has 9 heteroatoms. The molecular formula is C71H144N2O6P+. The number of amides is 1. The van der Waals surface area contributed by atoms with Crippen LogP contribution in [0.25, 0.3) is 0 Å². The molecule has 0 aliphatic rings. The van der Waals surface area contributed by atoms with Crippen LogP contribution in [0.4, 0.5) is 0 Å². The molecule has 0 fully saturated rings. The molecule has 3 atom stereocenters. The van der Waals surface area contributed by atoms with Gasteiger partial charge in [-0.1, -0.05) is 373 Å². The van der Waals surface area contributed by atoms with Crippen molar-refractivity contribution in [2.45, 2.75) is 398 Å². The fourth-order valence-electron chi connectivity index (χ4n) is 11.4. The summed E-state index contributed by atoms with van der Waals surface area (Å²) >= 11 is 0. The number of quaternary nitrogens is 1. The summed E-state index contributed by atoms with van der Waals surface area (Å²) < 4.78 is 23.8. The number of nitrogens with zero attached hydrogens (tertiary/aromatic N) is 1. The molecule has 0 bridgehead atoms. The Bertz CT molecular complexity index is 1310. The third-order valence-corrected chi connectivity index (χ3v) is 18.0. The first-order valence-corrected chi connectivity index (χ1v) is 37.6. The average molecular weight is 1150 g/mol. The predicted molar refractivity (Wildman–Crippen MR) is 351 cm³/mol. The molecule has 80 heavy (non-hydrogen) atoms. The Hall–Kier alpha value is -0.760. The molecule has 478 valence electrons. The van der Waals surface area contributed by atoms with Crippen LogP contribution < -0.4 is 5.32 Å². The first kappa shape index (κ1) is 79.2. The van der Waals surface area contributed by atoms with Crippen LogP contribution in [0.5, 0.6) is 0 Å². The van der Waals surface area contributed by atoms with Crippen molar-refractivity contribution in [3.63, 3.8) is 0 Å². The molecular weight excluding hydrogens is 1010 g/mol. The number of carbonyl (C=O) groups is 1. The summed E-state index contributed by atoms with van der Waals surface area (Å²) in [6, 6.07) is -0.844. The van der Waals surface area contributed by atoms with Crippen LogP contribution in [0, 0.1) is 0 Å². The highest BCUT2D eigenvalue weighted by atomic mass is 31.2. The number of hydrogen-bond donors (Lipinski definition) is 3. The van der Waals surface area contributed by atoms with Gasteiger partial charge in [-0.05, 0) is 19.3 Å². The second kappa shape index (κ2) is 62.8. The molecule has 3 N–H and O–H groups in total. The molecule has 0 aromatic heterocycles. The van der Waals surface area contributed by atoms with Gasteiger partial charge in [-0.25, -0.2) is 4.57 Å². The Kier molecular flexibility index (Phi) is 62.2. The fraction of sp³-hybridized carbons (Fsp3) is 0.958. The van der Waals surface area contributed by atoms with Gasteiger partial charge in [0.25, 0.3) is 0 Å². The van der Waals surface area contributed by atoms with Gasteiger partial charge in [-0.15, -0.1) is 0 Å². The highest BCUT2D eigenvalue weighted by molar-refractivity contribution is 7.47. The number of aliphatic hydroxyl groups is 1. The summed E-state index contributed by atoms with van der Waals surface area (Å²) in [5.74, 6) is -0.166. The van der Waals surface area contributed by atoms with Crippen LogP contribution >= 0.6 is 7.82 Å². The van der Waals surface area contributed by atoms with Gasteiger partial charge < -0.3 is 19.8 Å². The van der Waals surface area contributed by atoms with Gasteiger partial charge in [-0.3, -0.25) is 13.8 Å². The van der Waals surface area contributed by atoms with Gasteiger partial charge in [0.05, 0.1) is 39.9 Å². The van der Waals surface area contributed by atoms with E-state index >= 15 is 0 Å². The van der Waals surface area contributed by atoms with Gasteiger partial charge in [0.2, 0.25) is 5.91 Å². The minimum Gasteiger partial charge on any atom is -0.387 e. The van der Waals surface area contributed by atoms with Crippen LogP contribution in [0.2, 0.25) is 0 Å². The fourth-order valence-corrected chi connectivity index (χ4v) is 12.1. The Morgan fingerprint density at radius 3 is 0.925 bits per heavy atom. The molecule has 0 rings (SSSR count). The number of rotatable bonds is 68. The number of hydrogen-bond acceptors (Lipinski definition) is 5. The van der Waals surface area contributed by atoms with Crippen LogP contribution in [0.1, 0.15) is 386 Å². The van der Waals surface area contributed by atoms with Crippen molar-refractivity contribution in [2.75, 3.05) is 40.9 Å². The second-order valence-electron chi connectivity index (χ2n) is 26.3. The van der Waals surface area contributed by atoms with Gasteiger partial charge in [-0.2, -0.15) is 0 Å². The van der Waals surface area contributed by atoms with Gasteiger partial charge >= 0.3 is 7.82 Å². The molecule has 3 unspecified atom stereocenters. The van der Waals surface area contributed by atoms with E-state index in [-0.39, 0.29) is 19.1 Å². The maximum absolute atomic E-state index is 13.1. The summed E-state index contributed by atoms with van der Waals surface area (Å²) in [6.45, 7) is 4.89. The van der Waals surface area contributed by atoms with E-state index in [0.29, 0.717) is 17.4 Å². The van der Waals surface area contributed by atoms with Crippen molar-refractivity contribution in [3.8, 4) is 0 Å². The molecule has 0 spiro atoms. The van der Waals surface area contributed by atoms with Crippen molar-refractivity contribution in [3.05, 3.63) is 12.2 Å². The van der Waals surface area contributed by atoms with Gasteiger partial charge in [0.1, 0.15) is 13.2 Å². The number of phosphoric ester groups is 1. The molecule has 1 amide bonds. The van der Waals surface area contributed by atoms with E-state index < -0.39 is 20.0 Å². The summed E-state index contributed by atoms with van der Waals surface area (Å²) in [6.07, 6.45) is 80.8. The van der Waals surface area contributed by atoms with E-state index in [1.807, 2.05) is 27.2 Å². The number of likely N-dealkylation sites (N-methyl/N-ethyl adjacent to an activating group) is 1.